The maximum Gasteiger partial charge on any atom is 0.449 e. The van der Waals surface area contributed by atoms with Gasteiger partial charge in [0, 0.05) is 30.4 Å². The summed E-state index contributed by atoms with van der Waals surface area (Å²) >= 11 is 0. The van der Waals surface area contributed by atoms with E-state index in [2.05, 4.69) is 6.92 Å². The SMILES string of the molecule is CCOCC1=C(C(F)(F)F)O[C@@H]2O[C@]3(C)CC[C@H]4[C@H](C)CC[C@@H]1C24OO3. The molecule has 148 valence electrons. The summed E-state index contributed by atoms with van der Waals surface area (Å²) in [5.74, 6) is -2.30. The monoisotopic (exact) mass is 378 g/mol. The van der Waals surface area contributed by atoms with Crippen LogP contribution in [0.25, 0.3) is 0 Å². The van der Waals surface area contributed by atoms with Crippen LogP contribution in [0.1, 0.15) is 46.5 Å². The van der Waals surface area contributed by atoms with Crippen LogP contribution in [-0.4, -0.2) is 37.1 Å². The van der Waals surface area contributed by atoms with Crippen LogP contribution < -0.4 is 0 Å². The smallest absolute Gasteiger partial charge is 0.449 e. The van der Waals surface area contributed by atoms with Crippen LogP contribution in [0.3, 0.4) is 0 Å². The van der Waals surface area contributed by atoms with Gasteiger partial charge >= 0.3 is 6.18 Å². The van der Waals surface area contributed by atoms with E-state index in [4.69, 9.17) is 24.0 Å². The molecule has 5 aliphatic rings. The van der Waals surface area contributed by atoms with Crippen LogP contribution in [0, 0.1) is 17.8 Å². The normalized spacial score (nSPS) is 45.2. The van der Waals surface area contributed by atoms with Gasteiger partial charge in [0.1, 0.15) is 0 Å². The van der Waals surface area contributed by atoms with Crippen LogP contribution in [0.5, 0.6) is 0 Å². The van der Waals surface area contributed by atoms with Gasteiger partial charge in [0.2, 0.25) is 17.8 Å². The van der Waals surface area contributed by atoms with Gasteiger partial charge < -0.3 is 14.2 Å². The molecule has 4 aliphatic heterocycles. The molecule has 1 spiro atoms. The summed E-state index contributed by atoms with van der Waals surface area (Å²) in [6, 6.07) is 0. The number of hydrogen-bond donors (Lipinski definition) is 0. The molecule has 0 N–H and O–H groups in total. The fourth-order valence-electron chi connectivity index (χ4n) is 5.12. The van der Waals surface area contributed by atoms with Gasteiger partial charge in [-0.15, -0.1) is 0 Å². The van der Waals surface area contributed by atoms with Crippen molar-refractivity contribution in [3.05, 3.63) is 11.3 Å². The number of hydrogen-bond acceptors (Lipinski definition) is 5. The minimum absolute atomic E-state index is 0.00184. The summed E-state index contributed by atoms with van der Waals surface area (Å²) in [4.78, 5) is 11.5. The maximum atomic E-state index is 13.7. The Morgan fingerprint density at radius 1 is 1.19 bits per heavy atom. The second-order valence-corrected chi connectivity index (χ2v) is 7.96. The molecule has 26 heavy (non-hydrogen) atoms. The number of fused-ring (bicyclic) bond motifs is 2. The molecule has 0 aromatic rings. The second kappa shape index (κ2) is 6.09. The van der Waals surface area contributed by atoms with E-state index in [-0.39, 0.29) is 24.0 Å². The standard InChI is InChI=1S/C18H25F3O5/c1-4-22-9-11-13-6-5-10(2)12-7-8-16(3)24-15(17(12,13)26-25-16)23-14(11)18(19,20)21/h10,12-13,15H,4-9H2,1-3H3/t10-,12+,13+,15-,16+,17?/m1/s1. The molecular formula is C18H25F3O5. The number of alkyl halides is 3. The van der Waals surface area contributed by atoms with E-state index in [1.54, 1.807) is 13.8 Å². The summed E-state index contributed by atoms with van der Waals surface area (Å²) in [5, 5.41) is 0. The Hall–Kier alpha value is -0.830. The highest BCUT2D eigenvalue weighted by molar-refractivity contribution is 5.28. The van der Waals surface area contributed by atoms with Crippen LogP contribution in [0.15, 0.2) is 11.3 Å². The fourth-order valence-corrected chi connectivity index (χ4v) is 5.12. The van der Waals surface area contributed by atoms with Gasteiger partial charge in [-0.2, -0.15) is 13.2 Å². The average Bonchev–Trinajstić information content (AvgIpc) is 2.80. The molecule has 0 aromatic heterocycles. The Morgan fingerprint density at radius 3 is 2.65 bits per heavy atom. The lowest BCUT2D eigenvalue weighted by Crippen LogP contribution is -2.67. The first-order valence-corrected chi connectivity index (χ1v) is 9.30. The van der Waals surface area contributed by atoms with Gasteiger partial charge in [-0.1, -0.05) is 6.92 Å². The third kappa shape index (κ3) is 2.60. The molecule has 0 radical (unpaired) electrons. The van der Waals surface area contributed by atoms with Crippen molar-refractivity contribution < 1.29 is 37.2 Å². The number of ether oxygens (including phenoxy) is 3. The largest absolute Gasteiger partial charge is 0.456 e. The van der Waals surface area contributed by atoms with Crippen molar-refractivity contribution in [3.63, 3.8) is 0 Å². The van der Waals surface area contributed by atoms with E-state index < -0.39 is 35.5 Å². The van der Waals surface area contributed by atoms with Crippen molar-refractivity contribution >= 4 is 0 Å². The van der Waals surface area contributed by atoms with Crippen molar-refractivity contribution in [2.75, 3.05) is 13.2 Å². The Balaban J connectivity index is 1.85. The Labute approximate surface area is 150 Å². The van der Waals surface area contributed by atoms with E-state index >= 15 is 0 Å². The van der Waals surface area contributed by atoms with Crippen molar-refractivity contribution in [1.82, 2.24) is 0 Å². The Kier molecular flexibility index (Phi) is 4.34. The Morgan fingerprint density at radius 2 is 1.96 bits per heavy atom. The summed E-state index contributed by atoms with van der Waals surface area (Å²) < 4.78 is 58.0. The van der Waals surface area contributed by atoms with Gasteiger partial charge in [0.05, 0.1) is 6.61 Å². The van der Waals surface area contributed by atoms with Crippen molar-refractivity contribution in [2.24, 2.45) is 17.8 Å². The third-order valence-corrected chi connectivity index (χ3v) is 6.37. The lowest BCUT2D eigenvalue weighted by Gasteiger charge is -2.57. The maximum absolute atomic E-state index is 13.7. The molecule has 6 atom stereocenters. The van der Waals surface area contributed by atoms with Crippen LogP contribution in [0.2, 0.25) is 0 Å². The molecule has 5 nitrogen and oxygen atoms in total. The van der Waals surface area contributed by atoms with E-state index in [1.807, 2.05) is 0 Å². The second-order valence-electron chi connectivity index (χ2n) is 7.96. The molecule has 0 amide bonds. The topological polar surface area (TPSA) is 46.2 Å². The molecule has 8 heteroatoms. The zero-order valence-electron chi connectivity index (χ0n) is 15.2. The number of halogens is 3. The minimum Gasteiger partial charge on any atom is -0.456 e. The number of rotatable bonds is 3. The van der Waals surface area contributed by atoms with Crippen LogP contribution in [0.4, 0.5) is 13.2 Å². The predicted octanol–water partition coefficient (Wildman–Crippen LogP) is 4.09. The molecule has 0 aromatic carbocycles. The van der Waals surface area contributed by atoms with Crippen LogP contribution in [-0.2, 0) is 24.0 Å². The summed E-state index contributed by atoms with van der Waals surface area (Å²) in [5.41, 5.74) is -0.945. The molecule has 1 aliphatic carbocycles. The minimum atomic E-state index is -4.61. The summed E-state index contributed by atoms with van der Waals surface area (Å²) in [6.45, 7) is 5.75. The average molecular weight is 378 g/mol. The molecule has 2 bridgehead atoms. The zero-order chi connectivity index (χ0) is 18.7. The first-order valence-electron chi connectivity index (χ1n) is 9.30. The van der Waals surface area contributed by atoms with Gasteiger partial charge in [0.25, 0.3) is 0 Å². The molecule has 5 rings (SSSR count). The lowest BCUT2D eigenvalue weighted by molar-refractivity contribution is -0.557. The van der Waals surface area contributed by atoms with Gasteiger partial charge in [0.15, 0.2) is 5.60 Å². The summed E-state index contributed by atoms with van der Waals surface area (Å²) in [6.07, 6.45) is -3.05. The molecular weight excluding hydrogens is 353 g/mol. The van der Waals surface area contributed by atoms with E-state index in [1.165, 1.54) is 0 Å². The van der Waals surface area contributed by atoms with Crippen molar-refractivity contribution in [3.8, 4) is 0 Å². The van der Waals surface area contributed by atoms with Gasteiger partial charge in [-0.05, 0) is 39.0 Å². The molecule has 1 unspecified atom stereocenters. The van der Waals surface area contributed by atoms with E-state index in [0.717, 1.165) is 12.8 Å². The predicted molar refractivity (Wildman–Crippen MR) is 83.5 cm³/mol. The highest BCUT2D eigenvalue weighted by atomic mass is 19.4. The van der Waals surface area contributed by atoms with Crippen LogP contribution >= 0.6 is 0 Å². The summed E-state index contributed by atoms with van der Waals surface area (Å²) in [7, 11) is 0. The quantitative estimate of drug-likeness (QED) is 0.693. The van der Waals surface area contributed by atoms with Gasteiger partial charge in [-0.3, -0.25) is 0 Å². The molecule has 3 saturated heterocycles. The molecule has 4 heterocycles. The first kappa shape index (κ1) is 18.5. The molecule has 1 saturated carbocycles. The fraction of sp³-hybridized carbons (Fsp3) is 0.889. The van der Waals surface area contributed by atoms with Gasteiger partial charge in [-0.25, -0.2) is 9.78 Å². The van der Waals surface area contributed by atoms with Crippen molar-refractivity contribution in [2.45, 2.75) is 70.3 Å². The zero-order valence-corrected chi connectivity index (χ0v) is 15.2. The highest BCUT2D eigenvalue weighted by Gasteiger charge is 2.70. The molecule has 4 fully saturated rings. The lowest BCUT2D eigenvalue weighted by atomic mass is 9.59. The van der Waals surface area contributed by atoms with E-state index in [0.29, 0.717) is 19.4 Å². The third-order valence-electron chi connectivity index (χ3n) is 6.37. The highest BCUT2D eigenvalue weighted by Crippen LogP contribution is 2.61. The van der Waals surface area contributed by atoms with E-state index in [9.17, 15) is 13.2 Å². The van der Waals surface area contributed by atoms with Crippen molar-refractivity contribution in [1.29, 1.82) is 0 Å². The Bertz CT molecular complexity index is 606. The number of allylic oxidation sites excluding steroid dienone is 1. The first-order chi connectivity index (χ1) is 12.2.